The first-order valence-corrected chi connectivity index (χ1v) is 10.8. The number of carbonyl (C=O) groups excluding carboxylic acids is 1. The zero-order chi connectivity index (χ0) is 19.2. The number of sulfonamides is 1. The molecule has 7 nitrogen and oxygen atoms in total. The molecule has 0 aliphatic carbocycles. The Morgan fingerprint density at radius 3 is 2.48 bits per heavy atom. The van der Waals surface area contributed by atoms with Crippen molar-refractivity contribution in [3.05, 3.63) is 18.2 Å². The van der Waals surface area contributed by atoms with Crippen molar-refractivity contribution in [2.75, 3.05) is 43.4 Å². The highest BCUT2D eigenvalue weighted by molar-refractivity contribution is 7.89. The third kappa shape index (κ3) is 5.81. The summed E-state index contributed by atoms with van der Waals surface area (Å²) in [5.41, 5.74) is 1.23. The number of rotatable bonds is 8. The number of halogens is 1. The molecule has 0 spiro atoms. The van der Waals surface area contributed by atoms with Crippen LogP contribution in [0.5, 0.6) is 0 Å². The first kappa shape index (κ1) is 23.7. The van der Waals surface area contributed by atoms with E-state index in [1.165, 1.54) is 4.31 Å². The second kappa shape index (κ2) is 10.8. The number of benzene rings is 1. The van der Waals surface area contributed by atoms with Crippen molar-refractivity contribution in [2.45, 2.75) is 38.5 Å². The van der Waals surface area contributed by atoms with Crippen molar-refractivity contribution in [2.24, 2.45) is 5.92 Å². The summed E-state index contributed by atoms with van der Waals surface area (Å²) in [4.78, 5) is 12.8. The average Bonchev–Trinajstić information content (AvgIpc) is 2.64. The van der Waals surface area contributed by atoms with Crippen LogP contribution in [-0.4, -0.2) is 51.4 Å². The molecule has 0 saturated carbocycles. The Hall–Kier alpha value is -1.35. The fourth-order valence-electron chi connectivity index (χ4n) is 3.15. The summed E-state index contributed by atoms with van der Waals surface area (Å²) in [6.45, 7) is 8.66. The molecule has 0 bridgehead atoms. The Bertz CT molecular complexity index is 717. The summed E-state index contributed by atoms with van der Waals surface area (Å²) in [6.07, 6.45) is 1.81. The van der Waals surface area contributed by atoms with Gasteiger partial charge in [-0.1, -0.05) is 13.8 Å². The van der Waals surface area contributed by atoms with Gasteiger partial charge in [0, 0.05) is 26.2 Å². The van der Waals surface area contributed by atoms with Gasteiger partial charge in [-0.25, -0.2) is 8.42 Å². The minimum Gasteiger partial charge on any atom is -0.384 e. The number of amides is 1. The van der Waals surface area contributed by atoms with Gasteiger partial charge in [0.2, 0.25) is 15.9 Å². The van der Waals surface area contributed by atoms with E-state index in [9.17, 15) is 13.2 Å². The predicted molar refractivity (Wildman–Crippen MR) is 112 cm³/mol. The van der Waals surface area contributed by atoms with Crippen LogP contribution >= 0.6 is 12.4 Å². The van der Waals surface area contributed by atoms with Gasteiger partial charge in [-0.3, -0.25) is 4.79 Å². The van der Waals surface area contributed by atoms with E-state index in [0.717, 1.165) is 25.1 Å². The summed E-state index contributed by atoms with van der Waals surface area (Å²) < 4.78 is 27.0. The molecule has 1 aromatic carbocycles. The number of hydrogen-bond donors (Lipinski definition) is 3. The highest BCUT2D eigenvalue weighted by atomic mass is 35.5. The summed E-state index contributed by atoms with van der Waals surface area (Å²) >= 11 is 0. The highest BCUT2D eigenvalue weighted by Crippen LogP contribution is 2.28. The normalized spacial score (nSPS) is 17.3. The molecule has 1 atom stereocenters. The topological polar surface area (TPSA) is 90.5 Å². The number of carbonyl (C=O) groups is 1. The molecule has 1 amide bonds. The molecule has 1 saturated heterocycles. The maximum absolute atomic E-state index is 12.8. The maximum Gasteiger partial charge on any atom is 0.243 e. The van der Waals surface area contributed by atoms with Crippen LogP contribution in [0.1, 0.15) is 33.6 Å². The number of hydrogen-bond acceptors (Lipinski definition) is 5. The zero-order valence-corrected chi connectivity index (χ0v) is 17.9. The minimum absolute atomic E-state index is 0. The van der Waals surface area contributed by atoms with Gasteiger partial charge in [0.15, 0.2) is 0 Å². The van der Waals surface area contributed by atoms with Crippen LogP contribution in [-0.2, 0) is 14.8 Å². The molecule has 1 aliphatic heterocycles. The van der Waals surface area contributed by atoms with Gasteiger partial charge in [0.1, 0.15) is 0 Å². The molecule has 154 valence electrons. The first-order valence-electron chi connectivity index (χ1n) is 9.33. The predicted octanol–water partition coefficient (Wildman–Crippen LogP) is 2.51. The molecule has 1 unspecified atom stereocenters. The fraction of sp³-hybridized carbons (Fsp3) is 0.611. The molecular weight excluding hydrogens is 388 g/mol. The molecule has 27 heavy (non-hydrogen) atoms. The van der Waals surface area contributed by atoms with Gasteiger partial charge < -0.3 is 16.0 Å². The van der Waals surface area contributed by atoms with E-state index < -0.39 is 10.0 Å². The molecular formula is C18H31ClN4O3S. The fourth-order valence-corrected chi connectivity index (χ4v) is 4.64. The van der Waals surface area contributed by atoms with E-state index in [1.807, 2.05) is 20.8 Å². The van der Waals surface area contributed by atoms with Crippen molar-refractivity contribution < 1.29 is 13.2 Å². The van der Waals surface area contributed by atoms with Crippen LogP contribution in [0.3, 0.4) is 0 Å². The van der Waals surface area contributed by atoms with Crippen LogP contribution in [0, 0.1) is 5.92 Å². The van der Waals surface area contributed by atoms with E-state index in [4.69, 9.17) is 0 Å². The Morgan fingerprint density at radius 1 is 1.22 bits per heavy atom. The first-order chi connectivity index (χ1) is 12.4. The quantitative estimate of drug-likeness (QED) is 0.603. The second-order valence-corrected chi connectivity index (χ2v) is 8.30. The van der Waals surface area contributed by atoms with Crippen molar-refractivity contribution in [3.8, 4) is 0 Å². The SMILES string of the molecule is CCNc1ccc(S(=O)(=O)N(CC)CC)cc1NC(=O)C1CCCNC1.Cl. The van der Waals surface area contributed by atoms with Gasteiger partial charge in [0.05, 0.1) is 22.2 Å². The van der Waals surface area contributed by atoms with Crippen LogP contribution in [0.15, 0.2) is 23.1 Å². The van der Waals surface area contributed by atoms with Crippen molar-refractivity contribution in [1.82, 2.24) is 9.62 Å². The third-order valence-electron chi connectivity index (χ3n) is 4.63. The lowest BCUT2D eigenvalue weighted by molar-refractivity contribution is -0.120. The van der Waals surface area contributed by atoms with E-state index in [-0.39, 0.29) is 29.1 Å². The van der Waals surface area contributed by atoms with Crippen LogP contribution in [0.2, 0.25) is 0 Å². The molecule has 1 fully saturated rings. The average molecular weight is 419 g/mol. The van der Waals surface area contributed by atoms with Crippen molar-refractivity contribution in [3.63, 3.8) is 0 Å². The Labute approximate surface area is 168 Å². The number of anilines is 2. The monoisotopic (exact) mass is 418 g/mol. The van der Waals surface area contributed by atoms with Gasteiger partial charge >= 0.3 is 0 Å². The molecule has 9 heteroatoms. The van der Waals surface area contributed by atoms with Gasteiger partial charge in [-0.15, -0.1) is 12.4 Å². The summed E-state index contributed by atoms with van der Waals surface area (Å²) in [5, 5.41) is 9.34. The molecule has 1 heterocycles. The summed E-state index contributed by atoms with van der Waals surface area (Å²) in [6, 6.07) is 4.86. The van der Waals surface area contributed by atoms with Crippen LogP contribution in [0.4, 0.5) is 11.4 Å². The van der Waals surface area contributed by atoms with Gasteiger partial charge in [-0.2, -0.15) is 4.31 Å². The molecule has 3 N–H and O–H groups in total. The molecule has 0 aromatic heterocycles. The number of nitrogens with zero attached hydrogens (tertiary/aromatic N) is 1. The molecule has 1 aliphatic rings. The van der Waals surface area contributed by atoms with E-state index in [1.54, 1.807) is 18.2 Å². The Balaban J connectivity index is 0.00000364. The zero-order valence-electron chi connectivity index (χ0n) is 16.2. The molecule has 0 radical (unpaired) electrons. The standard InChI is InChI=1S/C18H30N4O3S.ClH/c1-4-20-16-10-9-15(26(24,25)22(5-2)6-3)12-17(16)21-18(23)14-8-7-11-19-13-14;/h9-10,12,14,19-20H,4-8,11,13H2,1-3H3,(H,21,23);1H. The maximum atomic E-state index is 12.8. The molecule has 2 rings (SSSR count). The highest BCUT2D eigenvalue weighted by Gasteiger charge is 2.25. The lowest BCUT2D eigenvalue weighted by atomic mass is 9.99. The number of nitrogens with one attached hydrogen (secondary N) is 3. The van der Waals surface area contributed by atoms with Crippen LogP contribution < -0.4 is 16.0 Å². The Morgan fingerprint density at radius 2 is 1.93 bits per heavy atom. The van der Waals surface area contributed by atoms with E-state index in [2.05, 4.69) is 16.0 Å². The van der Waals surface area contributed by atoms with Crippen LogP contribution in [0.25, 0.3) is 0 Å². The molecule has 1 aromatic rings. The van der Waals surface area contributed by atoms with E-state index >= 15 is 0 Å². The summed E-state index contributed by atoms with van der Waals surface area (Å²) in [5.74, 6) is -0.171. The Kier molecular flexibility index (Phi) is 9.52. The van der Waals surface area contributed by atoms with Gasteiger partial charge in [-0.05, 0) is 44.5 Å². The van der Waals surface area contributed by atoms with Crippen molar-refractivity contribution >= 4 is 39.7 Å². The largest absolute Gasteiger partial charge is 0.384 e. The summed E-state index contributed by atoms with van der Waals surface area (Å²) in [7, 11) is -3.57. The smallest absolute Gasteiger partial charge is 0.243 e. The third-order valence-corrected chi connectivity index (χ3v) is 6.67. The lowest BCUT2D eigenvalue weighted by Gasteiger charge is -2.23. The van der Waals surface area contributed by atoms with E-state index in [0.29, 0.717) is 31.9 Å². The minimum atomic E-state index is -3.57. The van der Waals surface area contributed by atoms with Gasteiger partial charge in [0.25, 0.3) is 0 Å². The lowest BCUT2D eigenvalue weighted by Crippen LogP contribution is -2.37. The second-order valence-electron chi connectivity index (χ2n) is 6.36. The number of piperidine rings is 1. The van der Waals surface area contributed by atoms with Crippen molar-refractivity contribution in [1.29, 1.82) is 0 Å².